The van der Waals surface area contributed by atoms with Crippen molar-refractivity contribution < 1.29 is 9.47 Å². The van der Waals surface area contributed by atoms with Crippen molar-refractivity contribution in [1.82, 2.24) is 19.9 Å². The lowest BCUT2D eigenvalue weighted by Crippen LogP contribution is -2.38. The Kier molecular flexibility index (Phi) is 8.29. The van der Waals surface area contributed by atoms with Crippen LogP contribution in [-0.4, -0.2) is 72.4 Å². The Morgan fingerprint density at radius 3 is 2.47 bits per heavy atom. The van der Waals surface area contributed by atoms with Crippen molar-refractivity contribution in [2.45, 2.75) is 40.5 Å². The van der Waals surface area contributed by atoms with Gasteiger partial charge in [0.2, 0.25) is 0 Å². The van der Waals surface area contributed by atoms with Crippen LogP contribution in [0.1, 0.15) is 37.8 Å². The van der Waals surface area contributed by atoms with Gasteiger partial charge in [-0.05, 0) is 49.9 Å². The molecule has 3 aromatic rings. The highest BCUT2D eigenvalue weighted by atomic mass is 16.5. The van der Waals surface area contributed by atoms with Gasteiger partial charge in [0.05, 0.1) is 30.6 Å². The Hall–Kier alpha value is -2.77. The largest absolute Gasteiger partial charge is 0.462 e. The van der Waals surface area contributed by atoms with Gasteiger partial charge in [-0.1, -0.05) is 26.0 Å². The number of rotatable bonds is 10. The SMILES string of the molecule is CCCN(CCC)c1nc(OCCN2CCOCC2)nc2cnc(-c3ccc(C)c(C)c3)cc12. The summed E-state index contributed by atoms with van der Waals surface area (Å²) in [6.45, 7) is 15.4. The standard InChI is InChI=1S/C27H37N5O2/c1-5-9-32(10-6-2)26-23-18-24(22-8-7-20(3)21(4)17-22)28-19-25(23)29-27(30-26)34-16-13-31-11-14-33-15-12-31/h7-8,17-19H,5-6,9-16H2,1-4H3. The molecule has 0 atom stereocenters. The van der Waals surface area contributed by atoms with E-state index in [1.54, 1.807) is 0 Å². The Balaban J connectivity index is 1.67. The van der Waals surface area contributed by atoms with Crippen LogP contribution in [0.3, 0.4) is 0 Å². The van der Waals surface area contributed by atoms with Crippen molar-refractivity contribution in [3.63, 3.8) is 0 Å². The number of nitrogens with zero attached hydrogens (tertiary/aromatic N) is 5. The molecule has 0 spiro atoms. The summed E-state index contributed by atoms with van der Waals surface area (Å²) in [5, 5.41) is 1.02. The Morgan fingerprint density at radius 2 is 1.76 bits per heavy atom. The molecule has 0 amide bonds. The van der Waals surface area contributed by atoms with Crippen molar-refractivity contribution >= 4 is 16.7 Å². The van der Waals surface area contributed by atoms with Crippen molar-refractivity contribution in [3.8, 4) is 17.3 Å². The molecule has 0 radical (unpaired) electrons. The maximum atomic E-state index is 6.05. The summed E-state index contributed by atoms with van der Waals surface area (Å²) in [5.41, 5.74) is 5.41. The summed E-state index contributed by atoms with van der Waals surface area (Å²) in [4.78, 5) is 19.1. The number of hydrogen-bond acceptors (Lipinski definition) is 7. The number of anilines is 1. The zero-order valence-corrected chi connectivity index (χ0v) is 21.0. The van der Waals surface area contributed by atoms with E-state index in [4.69, 9.17) is 24.4 Å². The second-order valence-electron chi connectivity index (χ2n) is 9.01. The monoisotopic (exact) mass is 463 g/mol. The summed E-state index contributed by atoms with van der Waals surface area (Å²) in [6.07, 6.45) is 3.96. The van der Waals surface area contributed by atoms with Crippen LogP contribution >= 0.6 is 0 Å². The van der Waals surface area contributed by atoms with Gasteiger partial charge in [0.15, 0.2) is 0 Å². The summed E-state index contributed by atoms with van der Waals surface area (Å²) < 4.78 is 11.5. The fraction of sp³-hybridized carbons (Fsp3) is 0.519. The molecule has 0 bridgehead atoms. The van der Waals surface area contributed by atoms with E-state index in [0.29, 0.717) is 12.6 Å². The van der Waals surface area contributed by atoms with E-state index in [2.05, 4.69) is 61.8 Å². The van der Waals surface area contributed by atoms with Crippen LogP contribution in [0.2, 0.25) is 0 Å². The van der Waals surface area contributed by atoms with Gasteiger partial charge in [-0.2, -0.15) is 9.97 Å². The van der Waals surface area contributed by atoms with Gasteiger partial charge in [0.25, 0.3) is 0 Å². The van der Waals surface area contributed by atoms with Crippen LogP contribution in [0.5, 0.6) is 6.01 Å². The molecule has 7 heteroatoms. The maximum absolute atomic E-state index is 6.05. The molecule has 1 aliphatic rings. The first kappa shape index (κ1) is 24.4. The van der Waals surface area contributed by atoms with Crippen LogP contribution in [0.15, 0.2) is 30.5 Å². The van der Waals surface area contributed by atoms with Gasteiger partial charge < -0.3 is 14.4 Å². The average Bonchev–Trinajstić information content (AvgIpc) is 2.85. The number of morpholine rings is 1. The van der Waals surface area contributed by atoms with Crippen molar-refractivity contribution in [3.05, 3.63) is 41.6 Å². The summed E-state index contributed by atoms with van der Waals surface area (Å²) in [7, 11) is 0. The molecule has 0 saturated carbocycles. The van der Waals surface area contributed by atoms with Crippen molar-refractivity contribution in [1.29, 1.82) is 0 Å². The molecule has 3 heterocycles. The number of benzene rings is 1. The Bertz CT molecular complexity index is 1090. The maximum Gasteiger partial charge on any atom is 0.319 e. The summed E-state index contributed by atoms with van der Waals surface area (Å²) >= 11 is 0. The first-order valence-electron chi connectivity index (χ1n) is 12.5. The van der Waals surface area contributed by atoms with Crippen LogP contribution in [-0.2, 0) is 4.74 Å². The number of ether oxygens (including phenoxy) is 2. The molecule has 1 aliphatic heterocycles. The van der Waals surface area contributed by atoms with Crippen LogP contribution in [0.25, 0.3) is 22.2 Å². The predicted octanol–water partition coefficient (Wildman–Crippen LogP) is 4.65. The minimum atomic E-state index is 0.425. The fourth-order valence-electron chi connectivity index (χ4n) is 4.31. The van der Waals surface area contributed by atoms with E-state index in [1.165, 1.54) is 11.1 Å². The highest BCUT2D eigenvalue weighted by Gasteiger charge is 2.17. The van der Waals surface area contributed by atoms with Crippen LogP contribution < -0.4 is 9.64 Å². The lowest BCUT2D eigenvalue weighted by molar-refractivity contribution is 0.0317. The quantitative estimate of drug-likeness (QED) is 0.434. The van der Waals surface area contributed by atoms with Gasteiger partial charge in [0.1, 0.15) is 12.4 Å². The van der Waals surface area contributed by atoms with E-state index in [0.717, 1.165) is 86.8 Å². The van der Waals surface area contributed by atoms with Gasteiger partial charge in [0, 0.05) is 43.7 Å². The first-order chi connectivity index (χ1) is 16.6. The van der Waals surface area contributed by atoms with E-state index in [1.807, 2.05) is 6.20 Å². The third kappa shape index (κ3) is 5.83. The van der Waals surface area contributed by atoms with Gasteiger partial charge >= 0.3 is 6.01 Å². The topological polar surface area (TPSA) is 63.6 Å². The van der Waals surface area contributed by atoms with E-state index < -0.39 is 0 Å². The highest BCUT2D eigenvalue weighted by Crippen LogP contribution is 2.30. The second kappa shape index (κ2) is 11.6. The third-order valence-electron chi connectivity index (χ3n) is 6.37. The number of aromatic nitrogens is 3. The third-order valence-corrected chi connectivity index (χ3v) is 6.37. The molecule has 34 heavy (non-hydrogen) atoms. The molecule has 182 valence electrons. The van der Waals surface area contributed by atoms with Gasteiger partial charge in [-0.15, -0.1) is 0 Å². The molecule has 7 nitrogen and oxygen atoms in total. The number of pyridine rings is 1. The number of hydrogen-bond donors (Lipinski definition) is 0. The van der Waals surface area contributed by atoms with E-state index in [-0.39, 0.29) is 0 Å². The van der Waals surface area contributed by atoms with Crippen LogP contribution in [0.4, 0.5) is 5.82 Å². The second-order valence-corrected chi connectivity index (χ2v) is 9.01. The zero-order chi connectivity index (χ0) is 23.9. The molecule has 0 unspecified atom stereocenters. The molecular formula is C27H37N5O2. The molecule has 0 N–H and O–H groups in total. The smallest absolute Gasteiger partial charge is 0.319 e. The first-order valence-corrected chi connectivity index (χ1v) is 12.5. The minimum absolute atomic E-state index is 0.425. The average molecular weight is 464 g/mol. The van der Waals surface area contributed by atoms with E-state index in [9.17, 15) is 0 Å². The zero-order valence-electron chi connectivity index (χ0n) is 21.0. The minimum Gasteiger partial charge on any atom is -0.462 e. The predicted molar refractivity (Wildman–Crippen MR) is 138 cm³/mol. The lowest BCUT2D eigenvalue weighted by atomic mass is 10.0. The summed E-state index contributed by atoms with van der Waals surface area (Å²) in [6, 6.07) is 9.04. The molecule has 1 saturated heterocycles. The molecule has 4 rings (SSSR count). The highest BCUT2D eigenvalue weighted by molar-refractivity contribution is 5.92. The Morgan fingerprint density at radius 1 is 1.00 bits per heavy atom. The molecule has 0 aliphatic carbocycles. The normalized spacial score (nSPS) is 14.5. The van der Waals surface area contributed by atoms with Crippen molar-refractivity contribution in [2.75, 3.05) is 57.4 Å². The molecule has 2 aromatic heterocycles. The Labute approximate surface area is 203 Å². The molecular weight excluding hydrogens is 426 g/mol. The molecule has 1 fully saturated rings. The fourth-order valence-corrected chi connectivity index (χ4v) is 4.31. The van der Waals surface area contributed by atoms with Crippen molar-refractivity contribution in [2.24, 2.45) is 0 Å². The summed E-state index contributed by atoms with van der Waals surface area (Å²) in [5.74, 6) is 0.933. The number of fused-ring (bicyclic) bond motifs is 1. The van der Waals surface area contributed by atoms with Crippen LogP contribution in [0, 0.1) is 13.8 Å². The van der Waals surface area contributed by atoms with Gasteiger partial charge in [-0.25, -0.2) is 0 Å². The lowest BCUT2D eigenvalue weighted by Gasteiger charge is -2.26. The number of aryl methyl sites for hydroxylation is 2. The van der Waals surface area contributed by atoms with Gasteiger partial charge in [-0.3, -0.25) is 9.88 Å². The van der Waals surface area contributed by atoms with E-state index >= 15 is 0 Å². The molecule has 1 aromatic carbocycles.